The van der Waals surface area contributed by atoms with E-state index in [-0.39, 0.29) is 0 Å². The lowest BCUT2D eigenvalue weighted by Crippen LogP contribution is -2.15. The van der Waals surface area contributed by atoms with E-state index in [0.717, 1.165) is 26.5 Å². The summed E-state index contributed by atoms with van der Waals surface area (Å²) in [7, 11) is 0. The van der Waals surface area contributed by atoms with Gasteiger partial charge in [0.15, 0.2) is 0 Å². The number of hydrogen-bond donors (Lipinski definition) is 1. The van der Waals surface area contributed by atoms with Gasteiger partial charge in [0.05, 0.1) is 10.2 Å². The van der Waals surface area contributed by atoms with Gasteiger partial charge in [-0.2, -0.15) is 0 Å². The summed E-state index contributed by atoms with van der Waals surface area (Å²) in [5.41, 5.74) is 1.99. The molecule has 0 aliphatic carbocycles. The molecular weight excluding hydrogens is 330 g/mol. The first-order chi connectivity index (χ1) is 12.2. The quantitative estimate of drug-likeness (QED) is 0.439. The van der Waals surface area contributed by atoms with Crippen molar-refractivity contribution in [3.05, 3.63) is 60.7 Å². The van der Waals surface area contributed by atoms with Gasteiger partial charge < -0.3 is 9.67 Å². The molecule has 0 unspecified atom stereocenters. The minimum absolute atomic E-state index is 0.627. The number of rotatable bonds is 2. The van der Waals surface area contributed by atoms with Crippen LogP contribution in [0.4, 0.5) is 0 Å². The highest BCUT2D eigenvalue weighted by atomic mass is 32.1. The minimum Gasteiger partial charge on any atom is -0.480 e. The van der Waals surface area contributed by atoms with Crippen molar-refractivity contribution in [2.24, 2.45) is 0 Å². The average Bonchev–Trinajstić information content (AvgIpc) is 3.16. The fraction of sp³-hybridized carbons (Fsp3) is 0.0952. The molecule has 1 N–H and O–H groups in total. The molecule has 0 saturated carbocycles. The van der Waals surface area contributed by atoms with E-state index in [0.29, 0.717) is 0 Å². The molecule has 0 fully saturated rings. The molecule has 5 rings (SSSR count). The fourth-order valence-corrected chi connectivity index (χ4v) is 5.02. The van der Waals surface area contributed by atoms with Crippen molar-refractivity contribution in [3.8, 4) is 0 Å². The SMILES string of the molecule is C[C@@H](C(=O)O)n1c2ccccc2c2ccc3c4ccccc4sc3c21. The molecule has 0 radical (unpaired) electrons. The van der Waals surface area contributed by atoms with Gasteiger partial charge in [-0.3, -0.25) is 0 Å². The Bertz CT molecular complexity index is 1300. The number of benzene rings is 3. The van der Waals surface area contributed by atoms with Gasteiger partial charge in [-0.1, -0.05) is 48.5 Å². The number of thiophene rings is 1. The average molecular weight is 345 g/mol. The predicted octanol–water partition coefficient (Wildman–Crippen LogP) is 5.81. The van der Waals surface area contributed by atoms with Crippen LogP contribution >= 0.6 is 11.3 Å². The van der Waals surface area contributed by atoms with Crippen molar-refractivity contribution < 1.29 is 9.90 Å². The van der Waals surface area contributed by atoms with Crippen LogP contribution in [-0.4, -0.2) is 15.6 Å². The number of hydrogen-bond acceptors (Lipinski definition) is 2. The minimum atomic E-state index is -0.819. The van der Waals surface area contributed by atoms with Gasteiger partial charge in [-0.15, -0.1) is 11.3 Å². The Balaban J connectivity index is 2.08. The van der Waals surface area contributed by atoms with Crippen LogP contribution in [0.1, 0.15) is 13.0 Å². The normalized spacial score (nSPS) is 13.2. The first-order valence-corrected chi connectivity index (χ1v) is 9.04. The van der Waals surface area contributed by atoms with Crippen LogP contribution in [0.5, 0.6) is 0 Å². The van der Waals surface area contributed by atoms with Crippen molar-refractivity contribution in [2.45, 2.75) is 13.0 Å². The number of aliphatic carboxylic acids is 1. The topological polar surface area (TPSA) is 42.2 Å². The Kier molecular flexibility index (Phi) is 2.94. The summed E-state index contributed by atoms with van der Waals surface area (Å²) >= 11 is 1.74. The zero-order chi connectivity index (χ0) is 17.1. The largest absolute Gasteiger partial charge is 0.480 e. The molecule has 2 aromatic heterocycles. The summed E-state index contributed by atoms with van der Waals surface area (Å²) in [6.45, 7) is 1.75. The predicted molar refractivity (Wildman–Crippen MR) is 105 cm³/mol. The third kappa shape index (κ3) is 1.88. The summed E-state index contributed by atoms with van der Waals surface area (Å²) in [6, 6.07) is 20.1. The van der Waals surface area contributed by atoms with E-state index in [4.69, 9.17) is 0 Å². The van der Waals surface area contributed by atoms with Gasteiger partial charge in [0, 0.05) is 31.8 Å². The Morgan fingerprint density at radius 3 is 2.40 bits per heavy atom. The molecule has 1 atom stereocenters. The molecule has 2 heterocycles. The van der Waals surface area contributed by atoms with Crippen molar-refractivity contribution in [1.29, 1.82) is 0 Å². The van der Waals surface area contributed by atoms with E-state index in [1.807, 2.05) is 34.9 Å². The van der Waals surface area contributed by atoms with Crippen LogP contribution < -0.4 is 0 Å². The number of carboxylic acids is 1. The Morgan fingerprint density at radius 2 is 1.60 bits per heavy atom. The number of carboxylic acid groups (broad SMARTS) is 1. The van der Waals surface area contributed by atoms with Crippen molar-refractivity contribution in [3.63, 3.8) is 0 Å². The summed E-state index contributed by atoms with van der Waals surface area (Å²) in [5, 5.41) is 14.3. The Hall–Kier alpha value is -2.85. The van der Waals surface area contributed by atoms with E-state index in [9.17, 15) is 9.90 Å². The third-order valence-corrected chi connectivity index (χ3v) is 6.15. The maximum atomic E-state index is 11.8. The van der Waals surface area contributed by atoms with Gasteiger partial charge in [-0.25, -0.2) is 4.79 Å². The number of nitrogens with zero attached hydrogens (tertiary/aromatic N) is 1. The smallest absolute Gasteiger partial charge is 0.326 e. The molecule has 122 valence electrons. The van der Waals surface area contributed by atoms with Gasteiger partial charge in [0.1, 0.15) is 6.04 Å². The summed E-state index contributed by atoms with van der Waals surface area (Å²) in [5.74, 6) is -0.819. The van der Waals surface area contributed by atoms with Crippen LogP contribution in [-0.2, 0) is 4.79 Å². The first-order valence-electron chi connectivity index (χ1n) is 8.22. The lowest BCUT2D eigenvalue weighted by Gasteiger charge is -2.12. The van der Waals surface area contributed by atoms with Crippen molar-refractivity contribution in [2.75, 3.05) is 0 Å². The van der Waals surface area contributed by atoms with E-state index in [1.165, 1.54) is 15.5 Å². The highest BCUT2D eigenvalue weighted by molar-refractivity contribution is 7.26. The van der Waals surface area contributed by atoms with Crippen LogP contribution in [0.3, 0.4) is 0 Å². The molecule has 3 aromatic carbocycles. The fourth-order valence-electron chi connectivity index (χ4n) is 3.78. The number of aromatic nitrogens is 1. The molecule has 0 spiro atoms. The monoisotopic (exact) mass is 345 g/mol. The zero-order valence-electron chi connectivity index (χ0n) is 13.6. The second kappa shape index (κ2) is 5.07. The molecule has 4 heteroatoms. The lowest BCUT2D eigenvalue weighted by molar-refractivity contribution is -0.140. The van der Waals surface area contributed by atoms with E-state index < -0.39 is 12.0 Å². The van der Waals surface area contributed by atoms with Gasteiger partial charge >= 0.3 is 5.97 Å². The van der Waals surface area contributed by atoms with Crippen LogP contribution in [0.15, 0.2) is 60.7 Å². The van der Waals surface area contributed by atoms with E-state index in [1.54, 1.807) is 18.3 Å². The molecule has 0 bridgehead atoms. The zero-order valence-corrected chi connectivity index (χ0v) is 14.4. The van der Waals surface area contributed by atoms with Gasteiger partial charge in [-0.05, 0) is 19.1 Å². The summed E-state index contributed by atoms with van der Waals surface area (Å²) in [6.07, 6.45) is 0. The first kappa shape index (κ1) is 14.5. The summed E-state index contributed by atoms with van der Waals surface area (Å²) < 4.78 is 4.36. The molecule has 25 heavy (non-hydrogen) atoms. The van der Waals surface area contributed by atoms with Crippen molar-refractivity contribution in [1.82, 2.24) is 4.57 Å². The van der Waals surface area contributed by atoms with Gasteiger partial charge in [0.25, 0.3) is 0 Å². The van der Waals surface area contributed by atoms with E-state index in [2.05, 4.69) is 30.3 Å². The van der Waals surface area contributed by atoms with Crippen LogP contribution in [0.25, 0.3) is 42.0 Å². The van der Waals surface area contributed by atoms with Crippen LogP contribution in [0, 0.1) is 0 Å². The standard InChI is InChI=1S/C21H15NO2S/c1-12(21(23)24)22-17-8-4-2-6-13(17)15-10-11-16-14-7-3-5-9-18(14)25-20(16)19(15)22/h2-12H,1H3,(H,23,24)/t12-/m0/s1. The number of para-hydroxylation sites is 1. The second-order valence-electron chi connectivity index (χ2n) is 6.34. The molecule has 0 aliphatic heterocycles. The second-order valence-corrected chi connectivity index (χ2v) is 7.39. The molecule has 0 amide bonds. The molecule has 3 nitrogen and oxygen atoms in total. The van der Waals surface area contributed by atoms with Crippen molar-refractivity contribution >= 4 is 59.3 Å². The number of fused-ring (bicyclic) bond motifs is 7. The van der Waals surface area contributed by atoms with Gasteiger partial charge in [0.2, 0.25) is 0 Å². The molecular formula is C21H15NO2S. The number of carbonyl (C=O) groups is 1. The molecule has 0 aliphatic rings. The van der Waals surface area contributed by atoms with Crippen LogP contribution in [0.2, 0.25) is 0 Å². The lowest BCUT2D eigenvalue weighted by atomic mass is 10.1. The maximum absolute atomic E-state index is 11.8. The molecule has 0 saturated heterocycles. The third-order valence-electron chi connectivity index (χ3n) is 4.96. The highest BCUT2D eigenvalue weighted by Crippen LogP contribution is 2.42. The Labute approximate surface area is 147 Å². The maximum Gasteiger partial charge on any atom is 0.326 e. The summed E-state index contributed by atoms with van der Waals surface area (Å²) in [4.78, 5) is 11.8. The van der Waals surface area contributed by atoms with E-state index >= 15 is 0 Å². The molecule has 5 aromatic rings. The highest BCUT2D eigenvalue weighted by Gasteiger charge is 2.22. The Morgan fingerprint density at radius 1 is 0.920 bits per heavy atom.